The van der Waals surface area contributed by atoms with E-state index in [-0.39, 0.29) is 0 Å². The smallest absolute Gasteiger partial charge is 0.137 e. The number of rotatable bonds is 8. The van der Waals surface area contributed by atoms with Crippen LogP contribution in [-0.4, -0.2) is 4.57 Å². The Morgan fingerprint density at radius 3 is 1.66 bits per heavy atom. The molecule has 0 radical (unpaired) electrons. The summed E-state index contributed by atoms with van der Waals surface area (Å²) in [6, 6.07) is 79.9. The molecule has 0 aliphatic carbocycles. The maximum absolute atomic E-state index is 6.56. The number of para-hydroxylation sites is 6. The summed E-state index contributed by atoms with van der Waals surface area (Å²) in [5.41, 5.74) is 13.6. The molecule has 0 saturated carbocycles. The van der Waals surface area contributed by atoms with Crippen molar-refractivity contribution in [2.75, 3.05) is 9.80 Å². The molecule has 0 aliphatic heterocycles. The van der Waals surface area contributed by atoms with Crippen LogP contribution in [-0.2, 0) is 0 Å². The predicted molar refractivity (Wildman–Crippen MR) is 243 cm³/mol. The summed E-state index contributed by atoms with van der Waals surface area (Å²) in [4.78, 5) is 4.80. The molecule has 11 aromatic rings. The van der Waals surface area contributed by atoms with E-state index in [1.54, 1.807) is 0 Å². The number of nitrogens with zero attached hydrogens (tertiary/aromatic N) is 3. The summed E-state index contributed by atoms with van der Waals surface area (Å²) in [7, 11) is 0. The lowest BCUT2D eigenvalue weighted by Gasteiger charge is -2.31. The van der Waals surface area contributed by atoms with Gasteiger partial charge in [0.2, 0.25) is 0 Å². The molecule has 11 rings (SSSR count). The molecule has 4 nitrogen and oxygen atoms in total. The van der Waals surface area contributed by atoms with Crippen molar-refractivity contribution in [1.82, 2.24) is 4.57 Å². The van der Waals surface area contributed by atoms with Gasteiger partial charge in [0, 0.05) is 55.9 Å². The molecule has 0 unspecified atom stereocenters. The molecule has 2 aromatic heterocycles. The third-order valence-corrected chi connectivity index (χ3v) is 11.1. The number of aromatic nitrogens is 1. The highest BCUT2D eigenvalue weighted by Crippen LogP contribution is 2.49. The third-order valence-electron chi connectivity index (χ3n) is 11.1. The molecule has 9 aromatic carbocycles. The molecule has 0 bridgehead atoms. The Morgan fingerprint density at radius 1 is 0.345 bits per heavy atom. The van der Waals surface area contributed by atoms with Gasteiger partial charge >= 0.3 is 0 Å². The highest BCUT2D eigenvalue weighted by atomic mass is 16.3. The Kier molecular flexibility index (Phi) is 8.11. The molecule has 0 aliphatic rings. The molecular weight excluding hydrogens is 707 g/mol. The van der Waals surface area contributed by atoms with Crippen molar-refractivity contribution in [3.05, 3.63) is 224 Å². The highest BCUT2D eigenvalue weighted by molar-refractivity contribution is 6.18. The van der Waals surface area contributed by atoms with Crippen molar-refractivity contribution >= 4 is 77.9 Å². The van der Waals surface area contributed by atoms with E-state index in [1.165, 1.54) is 10.8 Å². The van der Waals surface area contributed by atoms with Gasteiger partial charge in [-0.1, -0.05) is 140 Å². The maximum atomic E-state index is 6.56. The fraction of sp³-hybridized carbons (Fsp3) is 0. The lowest BCUT2D eigenvalue weighted by molar-refractivity contribution is 0.669. The molecule has 0 amide bonds. The van der Waals surface area contributed by atoms with Gasteiger partial charge in [0.1, 0.15) is 11.2 Å². The monoisotopic (exact) mass is 743 g/mol. The van der Waals surface area contributed by atoms with Gasteiger partial charge in [-0.15, -0.1) is 0 Å². The van der Waals surface area contributed by atoms with E-state index >= 15 is 0 Å². The zero-order valence-electron chi connectivity index (χ0n) is 31.6. The molecular formula is C54H37N3O. The van der Waals surface area contributed by atoms with Crippen molar-refractivity contribution in [3.8, 4) is 16.8 Å². The second kappa shape index (κ2) is 14.0. The second-order valence-electron chi connectivity index (χ2n) is 14.6. The van der Waals surface area contributed by atoms with Crippen molar-refractivity contribution in [1.29, 1.82) is 0 Å². The van der Waals surface area contributed by atoms with E-state index in [4.69, 9.17) is 4.42 Å². The zero-order chi connectivity index (χ0) is 38.4. The summed E-state index contributed by atoms with van der Waals surface area (Å²) in [6.45, 7) is 0. The van der Waals surface area contributed by atoms with Crippen LogP contribution in [0, 0.1) is 0 Å². The quantitative estimate of drug-likeness (QED) is 0.155. The van der Waals surface area contributed by atoms with E-state index in [1.807, 2.05) is 12.1 Å². The minimum absolute atomic E-state index is 0.843. The van der Waals surface area contributed by atoms with E-state index in [2.05, 4.69) is 227 Å². The Hall–Kier alpha value is -7.82. The van der Waals surface area contributed by atoms with Gasteiger partial charge in [0.25, 0.3) is 0 Å². The maximum Gasteiger partial charge on any atom is 0.137 e. The Balaban J connectivity index is 1.28. The predicted octanol–water partition coefficient (Wildman–Crippen LogP) is 15.3. The highest BCUT2D eigenvalue weighted by Gasteiger charge is 2.26. The molecule has 0 N–H and O–H groups in total. The fourth-order valence-corrected chi connectivity index (χ4v) is 8.61. The Bertz CT molecular complexity index is 3190. The summed E-state index contributed by atoms with van der Waals surface area (Å²) in [5.74, 6) is 0. The van der Waals surface area contributed by atoms with Crippen LogP contribution in [0.1, 0.15) is 0 Å². The standard InChI is InChI=1S/C54H37N3O/c1-5-19-38(20-6-1)44-27-13-16-30-48(44)56(42-33-34-46-45-28-15-18-32-52(45)58-53(46)37-42)43-35-50(55(39-21-7-2-8-22-39)40-23-9-3-10-24-40)54-47-29-14-17-31-49(47)57(51(54)36-43)41-25-11-4-12-26-41/h1-37H. The van der Waals surface area contributed by atoms with E-state index in [0.717, 1.165) is 83.9 Å². The Morgan fingerprint density at radius 2 is 0.914 bits per heavy atom. The lowest BCUT2D eigenvalue weighted by atomic mass is 10.0. The van der Waals surface area contributed by atoms with E-state index < -0.39 is 0 Å². The average molecular weight is 744 g/mol. The summed E-state index contributed by atoms with van der Waals surface area (Å²) in [5, 5.41) is 4.55. The van der Waals surface area contributed by atoms with Gasteiger partial charge in [-0.3, -0.25) is 0 Å². The molecule has 4 heteroatoms. The van der Waals surface area contributed by atoms with E-state index in [0.29, 0.717) is 0 Å². The van der Waals surface area contributed by atoms with Gasteiger partial charge in [0.15, 0.2) is 0 Å². The molecule has 0 spiro atoms. The molecule has 0 atom stereocenters. The van der Waals surface area contributed by atoms with Gasteiger partial charge in [-0.05, 0) is 84.4 Å². The van der Waals surface area contributed by atoms with Gasteiger partial charge in [0.05, 0.1) is 28.1 Å². The number of fused-ring (bicyclic) bond motifs is 6. The van der Waals surface area contributed by atoms with Crippen LogP contribution in [0.5, 0.6) is 0 Å². The molecule has 2 heterocycles. The molecule has 0 fully saturated rings. The van der Waals surface area contributed by atoms with Crippen molar-refractivity contribution in [2.24, 2.45) is 0 Å². The normalized spacial score (nSPS) is 11.4. The van der Waals surface area contributed by atoms with Gasteiger partial charge in [-0.25, -0.2) is 0 Å². The average Bonchev–Trinajstić information content (AvgIpc) is 3.84. The third kappa shape index (κ3) is 5.62. The number of anilines is 6. The van der Waals surface area contributed by atoms with Gasteiger partial charge < -0.3 is 18.8 Å². The van der Waals surface area contributed by atoms with E-state index in [9.17, 15) is 0 Å². The summed E-state index contributed by atoms with van der Waals surface area (Å²) < 4.78 is 8.97. The minimum atomic E-state index is 0.843. The number of hydrogen-bond donors (Lipinski definition) is 0. The minimum Gasteiger partial charge on any atom is -0.456 e. The largest absolute Gasteiger partial charge is 0.456 e. The second-order valence-corrected chi connectivity index (χ2v) is 14.6. The first kappa shape index (κ1) is 33.5. The molecule has 0 saturated heterocycles. The summed E-state index contributed by atoms with van der Waals surface area (Å²) >= 11 is 0. The number of hydrogen-bond acceptors (Lipinski definition) is 3. The van der Waals surface area contributed by atoms with Gasteiger partial charge in [-0.2, -0.15) is 0 Å². The topological polar surface area (TPSA) is 24.6 Å². The first-order valence-corrected chi connectivity index (χ1v) is 19.7. The first-order chi connectivity index (χ1) is 28.8. The zero-order valence-corrected chi connectivity index (χ0v) is 31.6. The van der Waals surface area contributed by atoms with Crippen LogP contribution in [0.25, 0.3) is 60.6 Å². The van der Waals surface area contributed by atoms with Crippen molar-refractivity contribution in [3.63, 3.8) is 0 Å². The van der Waals surface area contributed by atoms with Crippen LogP contribution in [0.3, 0.4) is 0 Å². The van der Waals surface area contributed by atoms with Crippen LogP contribution < -0.4 is 9.80 Å². The summed E-state index contributed by atoms with van der Waals surface area (Å²) in [6.07, 6.45) is 0. The van der Waals surface area contributed by atoms with Crippen LogP contribution in [0.4, 0.5) is 34.1 Å². The SMILES string of the molecule is c1ccc(-c2ccccc2N(c2ccc3c(c2)oc2ccccc23)c2cc(N(c3ccccc3)c3ccccc3)c3c4ccccc4n(-c4ccccc4)c3c2)cc1. The molecule has 274 valence electrons. The number of furan rings is 1. The molecule has 58 heavy (non-hydrogen) atoms. The van der Waals surface area contributed by atoms with Crippen molar-refractivity contribution in [2.45, 2.75) is 0 Å². The van der Waals surface area contributed by atoms with Crippen molar-refractivity contribution < 1.29 is 4.42 Å². The van der Waals surface area contributed by atoms with Crippen LogP contribution in [0.2, 0.25) is 0 Å². The Labute approximate surface area is 336 Å². The fourth-order valence-electron chi connectivity index (χ4n) is 8.61. The number of benzene rings is 9. The lowest BCUT2D eigenvalue weighted by Crippen LogP contribution is -2.14. The van der Waals surface area contributed by atoms with Crippen LogP contribution in [0.15, 0.2) is 229 Å². The van der Waals surface area contributed by atoms with Crippen LogP contribution >= 0.6 is 0 Å². The first-order valence-electron chi connectivity index (χ1n) is 19.7.